The molecule has 3 aromatic rings. The molecule has 3 heterocycles. The average Bonchev–Trinajstić information content (AvgIpc) is 3.64. The smallest absolute Gasteiger partial charge is 0.252 e. The molecule has 4 rings (SSSR count). The van der Waals surface area contributed by atoms with Crippen molar-refractivity contribution >= 4 is 34.2 Å². The van der Waals surface area contributed by atoms with E-state index in [2.05, 4.69) is 73.8 Å². The van der Waals surface area contributed by atoms with Gasteiger partial charge in [-0.1, -0.05) is 47.6 Å². The van der Waals surface area contributed by atoms with Crippen LogP contribution in [0.3, 0.4) is 0 Å². The number of piperidine rings is 1. The highest BCUT2D eigenvalue weighted by Crippen LogP contribution is 2.29. The van der Waals surface area contributed by atoms with E-state index in [1.807, 2.05) is 23.1 Å². The lowest BCUT2D eigenvalue weighted by Crippen LogP contribution is -2.53. The molecule has 1 aliphatic rings. The first kappa shape index (κ1) is 33.2. The Hall–Kier alpha value is -2.71. The maximum atomic E-state index is 13.8. The fourth-order valence-corrected chi connectivity index (χ4v) is 7.40. The molecule has 1 saturated heterocycles. The van der Waals surface area contributed by atoms with Gasteiger partial charge in [-0.15, -0.1) is 11.3 Å². The Kier molecular flexibility index (Phi) is 12.2. The summed E-state index contributed by atoms with van der Waals surface area (Å²) in [5.74, 6) is 1.17. The minimum absolute atomic E-state index is 0.0513. The molecule has 7 nitrogen and oxygen atoms in total. The minimum atomic E-state index is -0.529. The number of hydrogen-bond donors (Lipinski definition) is 1. The number of nitrogens with zero attached hydrogens (tertiary/aromatic N) is 4. The van der Waals surface area contributed by atoms with Crippen molar-refractivity contribution < 1.29 is 9.59 Å². The summed E-state index contributed by atoms with van der Waals surface area (Å²) >= 11 is 1.75. The van der Waals surface area contributed by atoms with Crippen molar-refractivity contribution in [3.05, 3.63) is 52.0 Å². The number of hydrogen-bond acceptors (Lipinski definition) is 5. The molecule has 0 spiro atoms. The standard InChI is InChI=1S/C35H53N5O2S/c1-7-17-38(18-8-2)28-15-19-39(20-16-28)35(42)31(22-25(5)6)37-34(41)26-13-14-32-30(23-26)36-33(24-29-12-11-21-43-29)40(32)27(9-3)10-4/h11-14,21,23,25,27-28,31H,7-10,15-20,22,24H2,1-6H3,(H,37,41)/t31-/m0/s1. The van der Waals surface area contributed by atoms with Crippen molar-refractivity contribution in [1.82, 2.24) is 24.7 Å². The van der Waals surface area contributed by atoms with E-state index < -0.39 is 6.04 Å². The molecule has 8 heteroatoms. The number of nitrogens with one attached hydrogen (secondary N) is 1. The Bertz CT molecular complexity index is 1300. The van der Waals surface area contributed by atoms with Gasteiger partial charge in [0.15, 0.2) is 0 Å². The van der Waals surface area contributed by atoms with Gasteiger partial charge in [0.1, 0.15) is 11.9 Å². The third-order valence-corrected chi connectivity index (χ3v) is 9.75. The average molecular weight is 608 g/mol. The van der Waals surface area contributed by atoms with Crippen LogP contribution in [-0.4, -0.2) is 69.4 Å². The first-order valence-corrected chi connectivity index (χ1v) is 17.5. The molecule has 1 atom stereocenters. The zero-order chi connectivity index (χ0) is 30.9. The summed E-state index contributed by atoms with van der Waals surface area (Å²) in [6.07, 6.45) is 7.75. The van der Waals surface area contributed by atoms with E-state index in [4.69, 9.17) is 4.98 Å². The van der Waals surface area contributed by atoms with Gasteiger partial charge in [0.25, 0.3) is 5.91 Å². The van der Waals surface area contributed by atoms with Crippen LogP contribution in [0.4, 0.5) is 0 Å². The van der Waals surface area contributed by atoms with Crippen LogP contribution < -0.4 is 5.32 Å². The number of carbonyl (C=O) groups is 2. The number of likely N-dealkylation sites (tertiary alicyclic amines) is 1. The number of amides is 2. The molecule has 0 bridgehead atoms. The fraction of sp³-hybridized carbons (Fsp3) is 0.629. The Balaban J connectivity index is 1.50. The summed E-state index contributed by atoms with van der Waals surface area (Å²) in [5, 5.41) is 5.23. The summed E-state index contributed by atoms with van der Waals surface area (Å²) in [6, 6.07) is 10.4. The predicted octanol–water partition coefficient (Wildman–Crippen LogP) is 7.31. The van der Waals surface area contributed by atoms with Crippen LogP contribution in [0.5, 0.6) is 0 Å². The van der Waals surface area contributed by atoms with Crippen LogP contribution in [-0.2, 0) is 11.2 Å². The quantitative estimate of drug-likeness (QED) is 0.197. The van der Waals surface area contributed by atoms with Gasteiger partial charge in [-0.05, 0) is 93.6 Å². The van der Waals surface area contributed by atoms with Crippen molar-refractivity contribution in [2.45, 2.75) is 111 Å². The number of thiophene rings is 1. The zero-order valence-corrected chi connectivity index (χ0v) is 28.1. The fourth-order valence-electron chi connectivity index (χ4n) is 6.70. The Morgan fingerprint density at radius 2 is 1.74 bits per heavy atom. The van der Waals surface area contributed by atoms with E-state index in [0.29, 0.717) is 24.1 Å². The molecule has 0 aliphatic carbocycles. The Morgan fingerprint density at radius 1 is 1.05 bits per heavy atom. The lowest BCUT2D eigenvalue weighted by atomic mass is 9.98. The first-order valence-electron chi connectivity index (χ1n) is 16.7. The highest BCUT2D eigenvalue weighted by Gasteiger charge is 2.31. The van der Waals surface area contributed by atoms with Gasteiger partial charge < -0.3 is 19.7 Å². The van der Waals surface area contributed by atoms with E-state index in [9.17, 15) is 9.59 Å². The first-order chi connectivity index (χ1) is 20.8. The molecular weight excluding hydrogens is 554 g/mol. The molecule has 0 radical (unpaired) electrons. The van der Waals surface area contributed by atoms with Gasteiger partial charge in [0.2, 0.25) is 5.91 Å². The van der Waals surface area contributed by atoms with E-state index in [0.717, 1.165) is 88.0 Å². The molecule has 236 valence electrons. The third-order valence-electron chi connectivity index (χ3n) is 8.87. The lowest BCUT2D eigenvalue weighted by molar-refractivity contribution is -0.135. The van der Waals surface area contributed by atoms with Crippen molar-refractivity contribution in [2.75, 3.05) is 26.2 Å². The van der Waals surface area contributed by atoms with Gasteiger partial charge >= 0.3 is 0 Å². The van der Waals surface area contributed by atoms with Crippen LogP contribution in [0.1, 0.15) is 114 Å². The molecule has 0 saturated carbocycles. The molecule has 43 heavy (non-hydrogen) atoms. The summed E-state index contributed by atoms with van der Waals surface area (Å²) in [7, 11) is 0. The minimum Gasteiger partial charge on any atom is -0.341 e. The van der Waals surface area contributed by atoms with Crippen molar-refractivity contribution in [1.29, 1.82) is 0 Å². The second kappa shape index (κ2) is 15.8. The molecule has 1 aromatic carbocycles. The molecule has 1 fully saturated rings. The number of fused-ring (bicyclic) bond motifs is 1. The highest BCUT2D eigenvalue weighted by molar-refractivity contribution is 7.09. The maximum absolute atomic E-state index is 13.8. The normalized spacial score (nSPS) is 15.2. The predicted molar refractivity (Wildman–Crippen MR) is 179 cm³/mol. The second-order valence-electron chi connectivity index (χ2n) is 12.6. The third kappa shape index (κ3) is 8.27. The summed E-state index contributed by atoms with van der Waals surface area (Å²) in [5.41, 5.74) is 2.46. The molecular formula is C35H53N5O2S. The SMILES string of the molecule is CCCN(CCC)C1CCN(C(=O)[C@H](CC(C)C)NC(=O)c2ccc3c(c2)nc(Cc2cccs2)n3C(CC)CC)CC1. The molecule has 0 unspecified atom stereocenters. The summed E-state index contributed by atoms with van der Waals surface area (Å²) in [6.45, 7) is 16.9. The van der Waals surface area contributed by atoms with Crippen LogP contribution >= 0.6 is 11.3 Å². The van der Waals surface area contributed by atoms with Crippen LogP contribution in [0.25, 0.3) is 11.0 Å². The van der Waals surface area contributed by atoms with Gasteiger partial charge in [-0.3, -0.25) is 9.59 Å². The summed E-state index contributed by atoms with van der Waals surface area (Å²) in [4.78, 5) is 38.3. The number of rotatable bonds is 15. The monoisotopic (exact) mass is 607 g/mol. The molecule has 2 amide bonds. The van der Waals surface area contributed by atoms with E-state index in [1.54, 1.807) is 11.3 Å². The van der Waals surface area contributed by atoms with Gasteiger partial charge in [-0.2, -0.15) is 0 Å². The van der Waals surface area contributed by atoms with Crippen LogP contribution in [0.2, 0.25) is 0 Å². The van der Waals surface area contributed by atoms with Crippen molar-refractivity contribution in [2.24, 2.45) is 5.92 Å². The largest absolute Gasteiger partial charge is 0.341 e. The van der Waals surface area contributed by atoms with Gasteiger partial charge in [0.05, 0.1) is 11.0 Å². The Morgan fingerprint density at radius 3 is 2.33 bits per heavy atom. The maximum Gasteiger partial charge on any atom is 0.252 e. The van der Waals surface area contributed by atoms with E-state index >= 15 is 0 Å². The molecule has 1 aliphatic heterocycles. The number of benzene rings is 1. The number of imidazole rings is 1. The van der Waals surface area contributed by atoms with Crippen molar-refractivity contribution in [3.63, 3.8) is 0 Å². The van der Waals surface area contributed by atoms with Gasteiger partial charge in [-0.25, -0.2) is 4.98 Å². The molecule has 2 aromatic heterocycles. The van der Waals surface area contributed by atoms with E-state index in [-0.39, 0.29) is 17.7 Å². The highest BCUT2D eigenvalue weighted by atomic mass is 32.1. The summed E-state index contributed by atoms with van der Waals surface area (Å²) < 4.78 is 2.37. The number of carbonyl (C=O) groups excluding carboxylic acids is 2. The Labute approximate surface area is 263 Å². The van der Waals surface area contributed by atoms with E-state index in [1.165, 1.54) is 4.88 Å². The van der Waals surface area contributed by atoms with Gasteiger partial charge in [0, 0.05) is 42.0 Å². The number of aromatic nitrogens is 2. The van der Waals surface area contributed by atoms with Crippen molar-refractivity contribution in [3.8, 4) is 0 Å². The zero-order valence-electron chi connectivity index (χ0n) is 27.3. The second-order valence-corrected chi connectivity index (χ2v) is 13.6. The van der Waals surface area contributed by atoms with Crippen LogP contribution in [0.15, 0.2) is 35.7 Å². The van der Waals surface area contributed by atoms with Crippen LogP contribution in [0, 0.1) is 5.92 Å². The molecule has 1 N–H and O–H groups in total. The topological polar surface area (TPSA) is 70.5 Å². The lowest BCUT2D eigenvalue weighted by Gasteiger charge is -2.39.